The van der Waals surface area contributed by atoms with E-state index in [-0.39, 0.29) is 24.3 Å². The van der Waals surface area contributed by atoms with Gasteiger partial charge in [0.2, 0.25) is 0 Å². The van der Waals surface area contributed by atoms with Gasteiger partial charge in [0.1, 0.15) is 5.82 Å². The van der Waals surface area contributed by atoms with Crippen molar-refractivity contribution >= 4 is 17.7 Å². The first-order chi connectivity index (χ1) is 9.45. The van der Waals surface area contributed by atoms with E-state index in [2.05, 4.69) is 5.32 Å². The molecule has 0 saturated carbocycles. The van der Waals surface area contributed by atoms with Crippen LogP contribution in [0.25, 0.3) is 0 Å². The second-order valence-corrected chi connectivity index (χ2v) is 5.22. The summed E-state index contributed by atoms with van der Waals surface area (Å²) in [6, 6.07) is 5.10. The Kier molecular flexibility index (Phi) is 4.22. The average Bonchev–Trinajstić information content (AvgIpc) is 2.40. The quantitative estimate of drug-likeness (QED) is 0.874. The number of benzene rings is 1. The first-order valence-electron chi connectivity index (χ1n) is 6.50. The third-order valence-corrected chi connectivity index (χ3v) is 3.39. The summed E-state index contributed by atoms with van der Waals surface area (Å²) >= 11 is 0. The van der Waals surface area contributed by atoms with E-state index < -0.39 is 11.9 Å². The minimum Gasteiger partial charge on any atom is -0.481 e. The summed E-state index contributed by atoms with van der Waals surface area (Å²) in [5, 5.41) is 11.7. The van der Waals surface area contributed by atoms with Crippen molar-refractivity contribution in [1.82, 2.24) is 4.90 Å². The number of hydrogen-bond acceptors (Lipinski definition) is 2. The first kappa shape index (κ1) is 14.3. The van der Waals surface area contributed by atoms with Gasteiger partial charge < -0.3 is 15.3 Å². The van der Waals surface area contributed by atoms with Crippen LogP contribution in [0.2, 0.25) is 0 Å². The van der Waals surface area contributed by atoms with Crippen LogP contribution in [0.3, 0.4) is 0 Å². The predicted molar refractivity (Wildman–Crippen MR) is 71.9 cm³/mol. The zero-order chi connectivity index (χ0) is 14.7. The largest absolute Gasteiger partial charge is 0.481 e. The molecule has 1 aromatic rings. The van der Waals surface area contributed by atoms with Gasteiger partial charge in [0.15, 0.2) is 0 Å². The number of amides is 2. The van der Waals surface area contributed by atoms with Crippen molar-refractivity contribution in [2.24, 2.45) is 11.8 Å². The predicted octanol–water partition coefficient (Wildman–Crippen LogP) is 2.40. The number of anilines is 1. The highest BCUT2D eigenvalue weighted by atomic mass is 19.1. The van der Waals surface area contributed by atoms with Crippen LogP contribution in [0.15, 0.2) is 24.3 Å². The molecule has 0 aromatic heterocycles. The number of piperidine rings is 1. The molecule has 0 aliphatic carbocycles. The van der Waals surface area contributed by atoms with Crippen LogP contribution < -0.4 is 5.32 Å². The Balaban J connectivity index is 2.01. The standard InChI is InChI=1S/C14H17FN2O3/c1-9-6-10(13(18)19)8-17(7-9)14(20)16-12-4-2-11(15)3-5-12/h2-5,9-10H,6-8H2,1H3,(H,16,20)(H,18,19). The number of hydrogen-bond donors (Lipinski definition) is 2. The molecule has 6 heteroatoms. The lowest BCUT2D eigenvalue weighted by molar-refractivity contribution is -0.143. The summed E-state index contributed by atoms with van der Waals surface area (Å²) in [7, 11) is 0. The zero-order valence-electron chi connectivity index (χ0n) is 11.2. The first-order valence-corrected chi connectivity index (χ1v) is 6.50. The molecule has 2 atom stereocenters. The topological polar surface area (TPSA) is 69.6 Å². The van der Waals surface area contributed by atoms with E-state index in [1.54, 1.807) is 0 Å². The van der Waals surface area contributed by atoms with Crippen LogP contribution in [0.5, 0.6) is 0 Å². The number of carboxylic acid groups (broad SMARTS) is 1. The summed E-state index contributed by atoms with van der Waals surface area (Å²) in [6.07, 6.45) is 0.579. The molecule has 2 N–H and O–H groups in total. The van der Waals surface area contributed by atoms with Gasteiger partial charge in [-0.15, -0.1) is 0 Å². The highest BCUT2D eigenvalue weighted by molar-refractivity contribution is 5.89. The van der Waals surface area contributed by atoms with Gasteiger partial charge in [-0.3, -0.25) is 4.79 Å². The molecule has 1 saturated heterocycles. The van der Waals surface area contributed by atoms with E-state index in [1.165, 1.54) is 29.2 Å². The van der Waals surface area contributed by atoms with Crippen LogP contribution in [0.4, 0.5) is 14.9 Å². The fourth-order valence-corrected chi connectivity index (χ4v) is 2.43. The third kappa shape index (κ3) is 3.46. The molecule has 0 radical (unpaired) electrons. The van der Waals surface area contributed by atoms with Crippen LogP contribution in [-0.4, -0.2) is 35.1 Å². The molecule has 1 aliphatic heterocycles. The van der Waals surface area contributed by atoms with Gasteiger partial charge in [-0.2, -0.15) is 0 Å². The van der Waals surface area contributed by atoms with Crippen molar-refractivity contribution in [1.29, 1.82) is 0 Å². The third-order valence-electron chi connectivity index (χ3n) is 3.39. The van der Waals surface area contributed by atoms with Gasteiger partial charge in [0.25, 0.3) is 0 Å². The van der Waals surface area contributed by atoms with E-state index in [1.807, 2.05) is 6.92 Å². The lowest BCUT2D eigenvalue weighted by atomic mass is 9.91. The van der Waals surface area contributed by atoms with Crippen LogP contribution in [0.1, 0.15) is 13.3 Å². The van der Waals surface area contributed by atoms with Gasteiger partial charge in [0, 0.05) is 18.8 Å². The highest BCUT2D eigenvalue weighted by Crippen LogP contribution is 2.22. The molecule has 0 bridgehead atoms. The number of aliphatic carboxylic acids is 1. The Bertz CT molecular complexity index is 504. The molecular formula is C14H17FN2O3. The molecule has 0 spiro atoms. The van der Waals surface area contributed by atoms with E-state index in [9.17, 15) is 14.0 Å². The number of likely N-dealkylation sites (tertiary alicyclic amines) is 1. The van der Waals surface area contributed by atoms with Crippen molar-refractivity contribution in [2.75, 3.05) is 18.4 Å². The van der Waals surface area contributed by atoms with Gasteiger partial charge in [-0.05, 0) is 36.6 Å². The minimum absolute atomic E-state index is 0.142. The SMILES string of the molecule is CC1CC(C(=O)O)CN(C(=O)Nc2ccc(F)cc2)C1. The number of rotatable bonds is 2. The Labute approximate surface area is 116 Å². The second kappa shape index (κ2) is 5.90. The lowest BCUT2D eigenvalue weighted by Gasteiger charge is -2.34. The Morgan fingerprint density at radius 2 is 1.95 bits per heavy atom. The molecule has 2 amide bonds. The maximum Gasteiger partial charge on any atom is 0.321 e. The molecular weight excluding hydrogens is 263 g/mol. The van der Waals surface area contributed by atoms with Crippen LogP contribution >= 0.6 is 0 Å². The Morgan fingerprint density at radius 1 is 1.30 bits per heavy atom. The molecule has 5 nitrogen and oxygen atoms in total. The smallest absolute Gasteiger partial charge is 0.321 e. The number of nitrogens with one attached hydrogen (secondary N) is 1. The van der Waals surface area contributed by atoms with Crippen LogP contribution in [0, 0.1) is 17.7 Å². The second-order valence-electron chi connectivity index (χ2n) is 5.22. The Hall–Kier alpha value is -2.11. The molecule has 2 rings (SSSR count). The van der Waals surface area contributed by atoms with Crippen molar-refractivity contribution in [2.45, 2.75) is 13.3 Å². The maximum atomic E-state index is 12.8. The number of carbonyl (C=O) groups excluding carboxylic acids is 1. The van der Waals surface area contributed by atoms with E-state index in [0.29, 0.717) is 18.7 Å². The molecule has 1 aromatic carbocycles. The zero-order valence-corrected chi connectivity index (χ0v) is 11.2. The fourth-order valence-electron chi connectivity index (χ4n) is 2.43. The van der Waals surface area contributed by atoms with Gasteiger partial charge in [0.05, 0.1) is 5.92 Å². The number of urea groups is 1. The Morgan fingerprint density at radius 3 is 2.55 bits per heavy atom. The number of nitrogens with zero attached hydrogens (tertiary/aromatic N) is 1. The summed E-state index contributed by atoms with van der Waals surface area (Å²) in [4.78, 5) is 24.7. The molecule has 1 heterocycles. The van der Waals surface area contributed by atoms with E-state index >= 15 is 0 Å². The van der Waals surface area contributed by atoms with E-state index in [4.69, 9.17) is 5.11 Å². The van der Waals surface area contributed by atoms with E-state index in [0.717, 1.165) is 0 Å². The number of halogens is 1. The van der Waals surface area contributed by atoms with Crippen LogP contribution in [-0.2, 0) is 4.79 Å². The number of carbonyl (C=O) groups is 2. The summed E-state index contributed by atoms with van der Waals surface area (Å²) < 4.78 is 12.8. The minimum atomic E-state index is -0.879. The fraction of sp³-hybridized carbons (Fsp3) is 0.429. The van der Waals surface area contributed by atoms with Gasteiger partial charge in [-0.25, -0.2) is 9.18 Å². The summed E-state index contributed by atoms with van der Waals surface area (Å²) in [5.74, 6) is -1.64. The normalized spacial score (nSPS) is 22.4. The number of carboxylic acids is 1. The summed E-state index contributed by atoms with van der Waals surface area (Å²) in [6.45, 7) is 2.65. The average molecular weight is 280 g/mol. The van der Waals surface area contributed by atoms with Gasteiger partial charge in [-0.1, -0.05) is 6.92 Å². The molecule has 20 heavy (non-hydrogen) atoms. The van der Waals surface area contributed by atoms with Gasteiger partial charge >= 0.3 is 12.0 Å². The summed E-state index contributed by atoms with van der Waals surface area (Å²) in [5.41, 5.74) is 0.488. The van der Waals surface area contributed by atoms with Crippen molar-refractivity contribution < 1.29 is 19.1 Å². The highest BCUT2D eigenvalue weighted by Gasteiger charge is 2.31. The molecule has 1 aliphatic rings. The maximum absolute atomic E-state index is 12.8. The molecule has 2 unspecified atom stereocenters. The van der Waals surface area contributed by atoms with Crippen molar-refractivity contribution in [3.05, 3.63) is 30.1 Å². The lowest BCUT2D eigenvalue weighted by Crippen LogP contribution is -2.47. The molecule has 1 fully saturated rings. The van der Waals surface area contributed by atoms with Crippen molar-refractivity contribution in [3.8, 4) is 0 Å². The monoisotopic (exact) mass is 280 g/mol. The molecule has 108 valence electrons. The van der Waals surface area contributed by atoms with Crippen molar-refractivity contribution in [3.63, 3.8) is 0 Å².